The molecule has 0 aliphatic rings. The maximum atomic E-state index is 10.6. The summed E-state index contributed by atoms with van der Waals surface area (Å²) in [4.78, 5) is 20.9. The predicted octanol–water partition coefficient (Wildman–Crippen LogP) is 1.02. The van der Waals surface area contributed by atoms with E-state index in [2.05, 4.69) is 19.2 Å². The van der Waals surface area contributed by atoms with E-state index in [-0.39, 0.29) is 12.0 Å². The van der Waals surface area contributed by atoms with Crippen molar-refractivity contribution in [2.75, 3.05) is 6.54 Å². The molecule has 13 heavy (non-hydrogen) atoms. The molecule has 2 atom stereocenters. The average Bonchev–Trinajstić information content (AvgIpc) is 2.10. The van der Waals surface area contributed by atoms with E-state index >= 15 is 0 Å². The summed E-state index contributed by atoms with van der Waals surface area (Å²) in [6.07, 6.45) is 2.68. The summed E-state index contributed by atoms with van der Waals surface area (Å²) in [6.45, 7) is 6.55. The van der Waals surface area contributed by atoms with Crippen molar-refractivity contribution in [3.8, 4) is 0 Å². The van der Waals surface area contributed by atoms with Gasteiger partial charge >= 0.3 is 0 Å². The van der Waals surface area contributed by atoms with Crippen LogP contribution in [0.4, 0.5) is 0 Å². The van der Waals surface area contributed by atoms with E-state index in [1.165, 1.54) is 0 Å². The molecule has 3 nitrogen and oxygen atoms in total. The van der Waals surface area contributed by atoms with Gasteiger partial charge in [-0.1, -0.05) is 13.8 Å². The quantitative estimate of drug-likeness (QED) is 0.602. The van der Waals surface area contributed by atoms with Crippen molar-refractivity contribution in [2.24, 2.45) is 11.8 Å². The highest BCUT2D eigenvalue weighted by Crippen LogP contribution is 2.08. The number of nitrogens with one attached hydrogen (secondary N) is 1. The third-order valence-corrected chi connectivity index (χ3v) is 1.87. The molecule has 0 aliphatic heterocycles. The van der Waals surface area contributed by atoms with Crippen molar-refractivity contribution < 1.29 is 9.59 Å². The van der Waals surface area contributed by atoms with Crippen LogP contribution in [0.2, 0.25) is 0 Å². The molecule has 0 heterocycles. The molecule has 0 fully saturated rings. The SMILES string of the molecule is CC(C)CC(C=O)CNC(C)C=O. The second-order valence-corrected chi connectivity index (χ2v) is 3.86. The number of hydrogen-bond donors (Lipinski definition) is 1. The lowest BCUT2D eigenvalue weighted by Crippen LogP contribution is -2.33. The van der Waals surface area contributed by atoms with Crippen LogP contribution in [0.15, 0.2) is 0 Å². The lowest BCUT2D eigenvalue weighted by Gasteiger charge is -2.14. The summed E-state index contributed by atoms with van der Waals surface area (Å²) >= 11 is 0. The van der Waals surface area contributed by atoms with E-state index in [1.54, 1.807) is 6.92 Å². The van der Waals surface area contributed by atoms with E-state index < -0.39 is 0 Å². The highest BCUT2D eigenvalue weighted by molar-refractivity contribution is 5.57. The van der Waals surface area contributed by atoms with Crippen molar-refractivity contribution in [3.63, 3.8) is 0 Å². The molecular weight excluding hydrogens is 166 g/mol. The Hall–Kier alpha value is -0.700. The van der Waals surface area contributed by atoms with Crippen LogP contribution in [0, 0.1) is 11.8 Å². The van der Waals surface area contributed by atoms with Gasteiger partial charge in [-0.15, -0.1) is 0 Å². The summed E-state index contributed by atoms with van der Waals surface area (Å²) in [5, 5.41) is 2.99. The summed E-state index contributed by atoms with van der Waals surface area (Å²) in [7, 11) is 0. The minimum atomic E-state index is -0.158. The normalized spacial score (nSPS) is 15.4. The zero-order valence-corrected chi connectivity index (χ0v) is 8.62. The number of hydrogen-bond acceptors (Lipinski definition) is 3. The van der Waals surface area contributed by atoms with Crippen molar-refractivity contribution >= 4 is 12.6 Å². The summed E-state index contributed by atoms with van der Waals surface area (Å²) < 4.78 is 0. The zero-order chi connectivity index (χ0) is 10.3. The van der Waals surface area contributed by atoms with Gasteiger partial charge in [0.15, 0.2) is 0 Å². The molecule has 0 bridgehead atoms. The molecule has 3 heteroatoms. The molecule has 0 aromatic rings. The third kappa shape index (κ3) is 6.46. The van der Waals surface area contributed by atoms with Crippen molar-refractivity contribution in [1.29, 1.82) is 0 Å². The Labute approximate surface area is 79.9 Å². The van der Waals surface area contributed by atoms with E-state index in [0.29, 0.717) is 12.5 Å². The molecule has 0 spiro atoms. The number of rotatable bonds is 7. The van der Waals surface area contributed by atoms with Gasteiger partial charge < -0.3 is 14.9 Å². The number of carbonyl (C=O) groups is 2. The van der Waals surface area contributed by atoms with E-state index in [1.807, 2.05) is 0 Å². The zero-order valence-electron chi connectivity index (χ0n) is 8.62. The Morgan fingerprint density at radius 3 is 2.15 bits per heavy atom. The van der Waals surface area contributed by atoms with Crippen LogP contribution in [0.1, 0.15) is 27.2 Å². The molecule has 0 saturated heterocycles. The van der Waals surface area contributed by atoms with E-state index in [4.69, 9.17) is 0 Å². The predicted molar refractivity (Wildman–Crippen MR) is 52.5 cm³/mol. The van der Waals surface area contributed by atoms with Crippen LogP contribution in [0.25, 0.3) is 0 Å². The van der Waals surface area contributed by atoms with E-state index in [9.17, 15) is 9.59 Å². The van der Waals surface area contributed by atoms with Gasteiger partial charge in [-0.2, -0.15) is 0 Å². The lowest BCUT2D eigenvalue weighted by atomic mass is 9.98. The summed E-state index contributed by atoms with van der Waals surface area (Å²) in [5.41, 5.74) is 0. The second-order valence-electron chi connectivity index (χ2n) is 3.86. The van der Waals surface area contributed by atoms with Crippen molar-refractivity contribution in [1.82, 2.24) is 5.32 Å². The molecule has 0 aromatic carbocycles. The van der Waals surface area contributed by atoms with Gasteiger partial charge in [-0.25, -0.2) is 0 Å². The molecule has 0 amide bonds. The Morgan fingerprint density at radius 2 is 1.77 bits per heavy atom. The monoisotopic (exact) mass is 185 g/mol. The van der Waals surface area contributed by atoms with Crippen molar-refractivity contribution in [3.05, 3.63) is 0 Å². The van der Waals surface area contributed by atoms with Crippen LogP contribution in [0.5, 0.6) is 0 Å². The number of aldehydes is 2. The van der Waals surface area contributed by atoms with Crippen LogP contribution in [-0.4, -0.2) is 25.2 Å². The maximum absolute atomic E-state index is 10.6. The fourth-order valence-corrected chi connectivity index (χ4v) is 1.18. The van der Waals surface area contributed by atoms with Crippen LogP contribution in [0.3, 0.4) is 0 Å². The third-order valence-electron chi connectivity index (χ3n) is 1.87. The molecule has 2 unspecified atom stereocenters. The first-order chi connectivity index (χ1) is 6.10. The second kappa shape index (κ2) is 6.78. The Bertz CT molecular complexity index is 157. The van der Waals surface area contributed by atoms with Gasteiger partial charge in [-0.05, 0) is 19.3 Å². The van der Waals surface area contributed by atoms with Gasteiger partial charge in [0.25, 0.3) is 0 Å². The fraction of sp³-hybridized carbons (Fsp3) is 0.800. The summed E-state index contributed by atoms with van der Waals surface area (Å²) in [6, 6.07) is -0.158. The van der Waals surface area contributed by atoms with Crippen LogP contribution in [-0.2, 0) is 9.59 Å². The Morgan fingerprint density at radius 1 is 1.15 bits per heavy atom. The smallest absolute Gasteiger partial charge is 0.136 e. The first-order valence-electron chi connectivity index (χ1n) is 4.74. The van der Waals surface area contributed by atoms with Gasteiger partial charge in [0.1, 0.15) is 12.6 Å². The fourth-order valence-electron chi connectivity index (χ4n) is 1.18. The molecule has 1 N–H and O–H groups in total. The Balaban J connectivity index is 3.71. The van der Waals surface area contributed by atoms with Gasteiger partial charge in [0, 0.05) is 12.5 Å². The standard InChI is InChI=1S/C10H19NO2/c1-8(2)4-10(7-13)5-11-9(3)6-12/h6-11H,4-5H2,1-3H3. The van der Waals surface area contributed by atoms with Gasteiger partial charge in [-0.3, -0.25) is 0 Å². The highest BCUT2D eigenvalue weighted by Gasteiger charge is 2.10. The molecule has 0 rings (SSSR count). The Kier molecular flexibility index (Phi) is 6.41. The van der Waals surface area contributed by atoms with Crippen molar-refractivity contribution in [2.45, 2.75) is 33.2 Å². The minimum Gasteiger partial charge on any atom is -0.307 e. The first kappa shape index (κ1) is 12.3. The van der Waals surface area contributed by atoms with E-state index in [0.717, 1.165) is 19.0 Å². The molecule has 0 radical (unpaired) electrons. The highest BCUT2D eigenvalue weighted by atomic mass is 16.1. The number of carbonyl (C=O) groups excluding carboxylic acids is 2. The molecule has 0 saturated carbocycles. The van der Waals surface area contributed by atoms with Gasteiger partial charge in [0.2, 0.25) is 0 Å². The minimum absolute atomic E-state index is 0.0300. The average molecular weight is 185 g/mol. The topological polar surface area (TPSA) is 46.2 Å². The van der Waals surface area contributed by atoms with Gasteiger partial charge in [0.05, 0.1) is 6.04 Å². The molecular formula is C10H19NO2. The lowest BCUT2D eigenvalue weighted by molar-refractivity contribution is -0.112. The first-order valence-corrected chi connectivity index (χ1v) is 4.74. The summed E-state index contributed by atoms with van der Waals surface area (Å²) in [5.74, 6) is 0.547. The molecule has 0 aliphatic carbocycles. The molecule has 76 valence electrons. The van der Waals surface area contributed by atoms with Crippen LogP contribution < -0.4 is 5.32 Å². The van der Waals surface area contributed by atoms with Crippen LogP contribution >= 0.6 is 0 Å². The largest absolute Gasteiger partial charge is 0.307 e. The molecule has 0 aromatic heterocycles. The maximum Gasteiger partial charge on any atom is 0.136 e.